The van der Waals surface area contributed by atoms with Gasteiger partial charge in [0.25, 0.3) is 0 Å². The molecule has 5 heteroatoms. The first-order valence-corrected chi connectivity index (χ1v) is 4.49. The fraction of sp³-hybridized carbons (Fsp3) is 0.750. The van der Waals surface area contributed by atoms with Crippen LogP contribution in [0.2, 0.25) is 0 Å². The number of anilines is 1. The van der Waals surface area contributed by atoms with Crippen LogP contribution in [0, 0.1) is 6.92 Å². The highest BCUT2D eigenvalue weighted by molar-refractivity contribution is 5.20. The normalized spacial score (nSPS) is 23.0. The minimum absolute atomic E-state index is 0.314. The Morgan fingerprint density at radius 1 is 1.54 bits per heavy atom. The van der Waals surface area contributed by atoms with E-state index in [1.807, 2.05) is 0 Å². The molecule has 1 fully saturated rings. The predicted molar refractivity (Wildman–Crippen MR) is 46.5 cm³/mol. The van der Waals surface area contributed by atoms with Gasteiger partial charge in [-0.25, -0.2) is 0 Å². The van der Waals surface area contributed by atoms with E-state index in [-0.39, 0.29) is 0 Å². The van der Waals surface area contributed by atoms with Crippen molar-refractivity contribution >= 4 is 6.01 Å². The van der Waals surface area contributed by atoms with Gasteiger partial charge in [-0.1, -0.05) is 5.16 Å². The number of aromatic nitrogens is 2. The molecule has 2 rings (SSSR count). The van der Waals surface area contributed by atoms with E-state index >= 15 is 0 Å². The van der Waals surface area contributed by atoms with E-state index in [1.165, 1.54) is 0 Å². The molecule has 0 radical (unpaired) electrons. The summed E-state index contributed by atoms with van der Waals surface area (Å²) >= 11 is 0. The first-order chi connectivity index (χ1) is 6.34. The Kier molecular flexibility index (Phi) is 2.44. The molecule has 0 bridgehead atoms. The number of nitrogens with one attached hydrogen (secondary N) is 1. The lowest BCUT2D eigenvalue weighted by atomic mass is 10.1. The first kappa shape index (κ1) is 8.50. The summed E-state index contributed by atoms with van der Waals surface area (Å²) in [7, 11) is 0. The molecule has 1 saturated heterocycles. The average molecular weight is 183 g/mol. The van der Waals surface area contributed by atoms with Crippen molar-refractivity contribution in [3.63, 3.8) is 0 Å². The molecule has 1 N–H and O–H groups in total. The van der Waals surface area contributed by atoms with E-state index in [9.17, 15) is 0 Å². The molecule has 0 aliphatic carbocycles. The average Bonchev–Trinajstić information content (AvgIpc) is 2.53. The lowest BCUT2D eigenvalue weighted by molar-refractivity contribution is 0.0867. The fourth-order valence-corrected chi connectivity index (χ4v) is 1.38. The third kappa shape index (κ3) is 2.18. The summed E-state index contributed by atoms with van der Waals surface area (Å²) in [6.45, 7) is 3.38. The number of hydrogen-bond donors (Lipinski definition) is 1. The number of hydrogen-bond acceptors (Lipinski definition) is 5. The van der Waals surface area contributed by atoms with Crippen LogP contribution in [0.15, 0.2) is 4.52 Å². The van der Waals surface area contributed by atoms with Gasteiger partial charge < -0.3 is 14.6 Å². The van der Waals surface area contributed by atoms with Crippen LogP contribution in [0.25, 0.3) is 0 Å². The number of aryl methyl sites for hydroxylation is 1. The van der Waals surface area contributed by atoms with Crippen molar-refractivity contribution in [2.24, 2.45) is 0 Å². The lowest BCUT2D eigenvalue weighted by Gasteiger charge is -2.21. The van der Waals surface area contributed by atoms with Crippen LogP contribution in [0.4, 0.5) is 6.01 Å². The predicted octanol–water partition coefficient (Wildman–Crippen LogP) is 0.969. The van der Waals surface area contributed by atoms with Crippen LogP contribution in [-0.2, 0) is 4.74 Å². The topological polar surface area (TPSA) is 60.2 Å². The monoisotopic (exact) mass is 183 g/mol. The highest BCUT2D eigenvalue weighted by Gasteiger charge is 2.15. The Morgan fingerprint density at radius 3 is 3.08 bits per heavy atom. The fourth-order valence-electron chi connectivity index (χ4n) is 1.38. The molecule has 1 aromatic heterocycles. The number of ether oxygens (including phenoxy) is 1. The molecule has 0 amide bonds. The van der Waals surface area contributed by atoms with Crippen LogP contribution >= 0.6 is 0 Å². The standard InChI is InChI=1S/C8H13N3O2/c1-6-9-8(13-11-6)10-7-3-2-4-12-5-7/h7H,2-5H2,1H3,(H,9,10,11). The quantitative estimate of drug-likeness (QED) is 0.740. The van der Waals surface area contributed by atoms with E-state index in [1.54, 1.807) is 6.92 Å². The molecule has 0 spiro atoms. The second-order valence-electron chi connectivity index (χ2n) is 3.21. The van der Waals surface area contributed by atoms with E-state index in [0.29, 0.717) is 17.9 Å². The van der Waals surface area contributed by atoms with Crippen LogP contribution < -0.4 is 5.32 Å². The molecule has 1 aromatic rings. The van der Waals surface area contributed by atoms with Gasteiger partial charge >= 0.3 is 6.01 Å². The van der Waals surface area contributed by atoms with E-state index in [2.05, 4.69) is 15.5 Å². The van der Waals surface area contributed by atoms with E-state index in [4.69, 9.17) is 9.26 Å². The van der Waals surface area contributed by atoms with Gasteiger partial charge in [-0.15, -0.1) is 0 Å². The highest BCUT2D eigenvalue weighted by Crippen LogP contribution is 2.11. The SMILES string of the molecule is Cc1noc(NC2CCCOC2)n1. The Labute approximate surface area is 76.5 Å². The summed E-state index contributed by atoms with van der Waals surface area (Å²) in [5.41, 5.74) is 0. The van der Waals surface area contributed by atoms with Gasteiger partial charge in [0.15, 0.2) is 5.82 Å². The Bertz CT molecular complexity index is 268. The third-order valence-corrected chi connectivity index (χ3v) is 2.02. The molecule has 0 aromatic carbocycles. The molecule has 13 heavy (non-hydrogen) atoms. The molecule has 1 atom stereocenters. The van der Waals surface area contributed by atoms with Crippen molar-refractivity contribution in [3.8, 4) is 0 Å². The van der Waals surface area contributed by atoms with Crippen molar-refractivity contribution in [3.05, 3.63) is 5.82 Å². The number of rotatable bonds is 2. The van der Waals surface area contributed by atoms with Gasteiger partial charge in [0.05, 0.1) is 12.6 Å². The van der Waals surface area contributed by atoms with Crippen LogP contribution in [0.3, 0.4) is 0 Å². The van der Waals surface area contributed by atoms with Crippen LogP contribution in [0.1, 0.15) is 18.7 Å². The zero-order valence-electron chi connectivity index (χ0n) is 7.62. The zero-order valence-corrected chi connectivity index (χ0v) is 7.62. The van der Waals surface area contributed by atoms with Gasteiger partial charge in [-0.3, -0.25) is 0 Å². The molecular formula is C8H13N3O2. The largest absolute Gasteiger partial charge is 0.379 e. The number of nitrogens with zero attached hydrogens (tertiary/aromatic N) is 2. The molecular weight excluding hydrogens is 170 g/mol. The first-order valence-electron chi connectivity index (χ1n) is 4.49. The molecule has 1 aliphatic heterocycles. The summed E-state index contributed by atoms with van der Waals surface area (Å²) in [5, 5.41) is 6.83. The minimum Gasteiger partial charge on any atom is -0.379 e. The van der Waals surface area contributed by atoms with Crippen molar-refractivity contribution in [2.45, 2.75) is 25.8 Å². The summed E-state index contributed by atoms with van der Waals surface area (Å²) in [6, 6.07) is 0.807. The third-order valence-electron chi connectivity index (χ3n) is 2.02. The molecule has 1 aliphatic rings. The molecule has 72 valence electrons. The summed E-state index contributed by atoms with van der Waals surface area (Å²) in [4.78, 5) is 4.06. The van der Waals surface area contributed by atoms with Gasteiger partial charge in [0.1, 0.15) is 0 Å². The van der Waals surface area contributed by atoms with E-state index < -0.39 is 0 Å². The molecule has 0 saturated carbocycles. The van der Waals surface area contributed by atoms with E-state index in [0.717, 1.165) is 26.1 Å². The second-order valence-corrected chi connectivity index (χ2v) is 3.21. The van der Waals surface area contributed by atoms with Gasteiger partial charge in [0, 0.05) is 6.61 Å². The second kappa shape index (κ2) is 3.74. The molecule has 1 unspecified atom stereocenters. The molecule has 5 nitrogen and oxygen atoms in total. The van der Waals surface area contributed by atoms with Crippen molar-refractivity contribution < 1.29 is 9.26 Å². The summed E-state index contributed by atoms with van der Waals surface area (Å²) in [6.07, 6.45) is 2.19. The summed E-state index contributed by atoms with van der Waals surface area (Å²) in [5.74, 6) is 0.652. The maximum atomic E-state index is 5.31. The van der Waals surface area contributed by atoms with Gasteiger partial charge in [-0.2, -0.15) is 4.98 Å². The minimum atomic E-state index is 0.314. The maximum Gasteiger partial charge on any atom is 0.321 e. The van der Waals surface area contributed by atoms with Crippen molar-refractivity contribution in [1.29, 1.82) is 0 Å². The summed E-state index contributed by atoms with van der Waals surface area (Å²) < 4.78 is 10.2. The van der Waals surface area contributed by atoms with Gasteiger partial charge in [-0.05, 0) is 19.8 Å². The highest BCUT2D eigenvalue weighted by atomic mass is 16.5. The van der Waals surface area contributed by atoms with Crippen LogP contribution in [0.5, 0.6) is 0 Å². The van der Waals surface area contributed by atoms with Crippen LogP contribution in [-0.4, -0.2) is 29.4 Å². The maximum absolute atomic E-state index is 5.31. The smallest absolute Gasteiger partial charge is 0.321 e. The van der Waals surface area contributed by atoms with Gasteiger partial charge in [0.2, 0.25) is 0 Å². The van der Waals surface area contributed by atoms with Crippen molar-refractivity contribution in [2.75, 3.05) is 18.5 Å². The zero-order chi connectivity index (χ0) is 9.10. The Hall–Kier alpha value is -1.10. The lowest BCUT2D eigenvalue weighted by Crippen LogP contribution is -2.30. The Balaban J connectivity index is 1.89. The van der Waals surface area contributed by atoms with Crippen molar-refractivity contribution in [1.82, 2.24) is 10.1 Å². The Morgan fingerprint density at radius 2 is 2.46 bits per heavy atom. The molecule has 2 heterocycles.